The van der Waals surface area contributed by atoms with Crippen LogP contribution < -0.4 is 15.4 Å². The second-order valence-corrected chi connectivity index (χ2v) is 8.78. The third-order valence-electron chi connectivity index (χ3n) is 6.65. The molecule has 3 amide bonds. The van der Waals surface area contributed by atoms with Crippen LogP contribution in [0.3, 0.4) is 0 Å². The van der Waals surface area contributed by atoms with Gasteiger partial charge in [0.15, 0.2) is 0 Å². The predicted molar refractivity (Wildman–Crippen MR) is 118 cm³/mol. The maximum Gasteiger partial charge on any atom is 0.255 e. The zero-order valence-corrected chi connectivity index (χ0v) is 17.9. The van der Waals surface area contributed by atoms with Crippen LogP contribution in [0.25, 0.3) is 0 Å². The fourth-order valence-electron chi connectivity index (χ4n) is 4.94. The van der Waals surface area contributed by atoms with E-state index >= 15 is 0 Å². The highest BCUT2D eigenvalue weighted by Gasteiger charge is 2.39. The van der Waals surface area contributed by atoms with Crippen LogP contribution in [0.5, 0.6) is 5.75 Å². The van der Waals surface area contributed by atoms with E-state index < -0.39 is 11.9 Å². The van der Waals surface area contributed by atoms with Crippen LogP contribution >= 0.6 is 0 Å². The minimum Gasteiger partial charge on any atom is -0.489 e. The Labute approximate surface area is 187 Å². The second kappa shape index (κ2) is 8.74. The fraction of sp³-hybridized carbons (Fsp3) is 0.400. The number of hydrogen-bond acceptors (Lipinski definition) is 5. The molecular weight excluding hydrogens is 406 g/mol. The lowest BCUT2D eigenvalue weighted by atomic mass is 10.0. The predicted octanol–water partition coefficient (Wildman–Crippen LogP) is 2.54. The number of amides is 3. The number of piperidine rings is 1. The molecule has 2 heterocycles. The van der Waals surface area contributed by atoms with Crippen LogP contribution in [-0.2, 0) is 22.7 Å². The molecule has 3 atom stereocenters. The SMILES string of the molecule is O=C1CCC(N2Cc3cc(O[C@@H]4CCC[C@H]4NCc4ccccc4)ccc3C2=O)C(=O)N1. The summed E-state index contributed by atoms with van der Waals surface area (Å²) < 4.78 is 6.34. The van der Waals surface area contributed by atoms with Gasteiger partial charge in [-0.05, 0) is 55.0 Å². The Morgan fingerprint density at radius 3 is 2.69 bits per heavy atom. The van der Waals surface area contributed by atoms with Gasteiger partial charge in [-0.25, -0.2) is 0 Å². The maximum atomic E-state index is 12.9. The Bertz CT molecular complexity index is 1040. The van der Waals surface area contributed by atoms with Gasteiger partial charge in [0, 0.05) is 31.1 Å². The van der Waals surface area contributed by atoms with Crippen LogP contribution in [-0.4, -0.2) is 40.8 Å². The van der Waals surface area contributed by atoms with E-state index in [0.29, 0.717) is 18.5 Å². The first-order valence-electron chi connectivity index (χ1n) is 11.3. The van der Waals surface area contributed by atoms with Crippen LogP contribution in [0.2, 0.25) is 0 Å². The van der Waals surface area contributed by atoms with E-state index in [2.05, 4.69) is 22.8 Å². The molecule has 0 aromatic heterocycles. The molecular formula is C25H27N3O4. The topological polar surface area (TPSA) is 87.7 Å². The Kier molecular flexibility index (Phi) is 5.66. The van der Waals surface area contributed by atoms with Gasteiger partial charge in [0.25, 0.3) is 5.91 Å². The maximum absolute atomic E-state index is 12.9. The van der Waals surface area contributed by atoms with E-state index in [9.17, 15) is 14.4 Å². The lowest BCUT2D eigenvalue weighted by Crippen LogP contribution is -2.52. The van der Waals surface area contributed by atoms with E-state index in [1.807, 2.05) is 30.3 Å². The number of hydrogen-bond donors (Lipinski definition) is 2. The first-order chi connectivity index (χ1) is 15.6. The molecule has 1 saturated carbocycles. The van der Waals surface area contributed by atoms with E-state index in [1.165, 1.54) is 5.56 Å². The Morgan fingerprint density at radius 2 is 1.88 bits per heavy atom. The molecule has 166 valence electrons. The van der Waals surface area contributed by atoms with Crippen molar-refractivity contribution in [1.29, 1.82) is 0 Å². The zero-order valence-electron chi connectivity index (χ0n) is 17.9. The van der Waals surface area contributed by atoms with Gasteiger partial charge in [-0.15, -0.1) is 0 Å². The summed E-state index contributed by atoms with van der Waals surface area (Å²) >= 11 is 0. The highest BCUT2D eigenvalue weighted by Crippen LogP contribution is 2.32. The molecule has 2 N–H and O–H groups in total. The lowest BCUT2D eigenvalue weighted by Gasteiger charge is -2.29. The highest BCUT2D eigenvalue weighted by atomic mass is 16.5. The van der Waals surface area contributed by atoms with Crippen LogP contribution in [0.4, 0.5) is 0 Å². The molecule has 2 fully saturated rings. The van der Waals surface area contributed by atoms with Gasteiger partial charge >= 0.3 is 0 Å². The van der Waals surface area contributed by atoms with Crippen molar-refractivity contribution in [3.63, 3.8) is 0 Å². The smallest absolute Gasteiger partial charge is 0.255 e. The molecule has 1 saturated heterocycles. The first kappa shape index (κ1) is 20.7. The van der Waals surface area contributed by atoms with Gasteiger partial charge in [-0.1, -0.05) is 30.3 Å². The number of nitrogens with zero attached hydrogens (tertiary/aromatic N) is 1. The first-order valence-corrected chi connectivity index (χ1v) is 11.3. The van der Waals surface area contributed by atoms with E-state index in [4.69, 9.17) is 4.74 Å². The van der Waals surface area contributed by atoms with Crippen molar-refractivity contribution in [1.82, 2.24) is 15.5 Å². The van der Waals surface area contributed by atoms with Gasteiger partial charge in [-0.3, -0.25) is 19.7 Å². The third-order valence-corrected chi connectivity index (χ3v) is 6.65. The number of carbonyl (C=O) groups is 3. The number of fused-ring (bicyclic) bond motifs is 1. The summed E-state index contributed by atoms with van der Waals surface area (Å²) in [4.78, 5) is 38.1. The molecule has 1 unspecified atom stereocenters. The second-order valence-electron chi connectivity index (χ2n) is 8.78. The van der Waals surface area contributed by atoms with Gasteiger partial charge in [0.1, 0.15) is 17.9 Å². The normalized spacial score (nSPS) is 25.1. The summed E-state index contributed by atoms with van der Waals surface area (Å²) in [6.07, 6.45) is 3.88. The van der Waals surface area contributed by atoms with Gasteiger partial charge in [0.2, 0.25) is 11.8 Å². The summed E-state index contributed by atoms with van der Waals surface area (Å²) in [5.74, 6) is -0.0836. The molecule has 0 spiro atoms. The van der Waals surface area contributed by atoms with Gasteiger partial charge < -0.3 is 15.0 Å². The summed E-state index contributed by atoms with van der Waals surface area (Å²) in [6.45, 7) is 1.17. The number of nitrogens with one attached hydrogen (secondary N) is 2. The Morgan fingerprint density at radius 1 is 1.03 bits per heavy atom. The number of benzene rings is 2. The molecule has 2 aromatic rings. The van der Waals surface area contributed by atoms with Crippen molar-refractivity contribution in [3.8, 4) is 5.75 Å². The van der Waals surface area contributed by atoms with Gasteiger partial charge in [0.05, 0.1) is 0 Å². The third kappa shape index (κ3) is 4.12. The minimum atomic E-state index is -0.599. The van der Waals surface area contributed by atoms with Gasteiger partial charge in [-0.2, -0.15) is 0 Å². The molecule has 0 radical (unpaired) electrons. The summed E-state index contributed by atoms with van der Waals surface area (Å²) in [5, 5.41) is 5.97. The number of ether oxygens (including phenoxy) is 1. The van der Waals surface area contributed by atoms with E-state index in [-0.39, 0.29) is 30.4 Å². The van der Waals surface area contributed by atoms with Crippen molar-refractivity contribution in [2.45, 2.75) is 63.4 Å². The highest BCUT2D eigenvalue weighted by molar-refractivity contribution is 6.05. The van der Waals surface area contributed by atoms with E-state index in [0.717, 1.165) is 37.1 Å². The average molecular weight is 434 g/mol. The average Bonchev–Trinajstić information content (AvgIpc) is 3.37. The molecule has 5 rings (SSSR count). The largest absolute Gasteiger partial charge is 0.489 e. The quantitative estimate of drug-likeness (QED) is 0.684. The van der Waals surface area contributed by atoms with Crippen LogP contribution in [0.1, 0.15) is 53.6 Å². The zero-order chi connectivity index (χ0) is 22.1. The minimum absolute atomic E-state index is 0.0834. The molecule has 7 heteroatoms. The molecule has 1 aliphatic carbocycles. The summed E-state index contributed by atoms with van der Waals surface area (Å²) in [7, 11) is 0. The van der Waals surface area contributed by atoms with Crippen LogP contribution in [0, 0.1) is 0 Å². The summed E-state index contributed by atoms with van der Waals surface area (Å²) in [5.41, 5.74) is 2.72. The van der Waals surface area contributed by atoms with E-state index in [1.54, 1.807) is 11.0 Å². The molecule has 32 heavy (non-hydrogen) atoms. The molecule has 2 aromatic carbocycles. The Balaban J connectivity index is 1.24. The number of carbonyl (C=O) groups excluding carboxylic acids is 3. The Hall–Kier alpha value is -3.19. The van der Waals surface area contributed by atoms with Crippen molar-refractivity contribution in [2.75, 3.05) is 0 Å². The fourth-order valence-corrected chi connectivity index (χ4v) is 4.94. The molecule has 3 aliphatic rings. The summed E-state index contributed by atoms with van der Waals surface area (Å²) in [6, 6.07) is 15.6. The van der Waals surface area contributed by atoms with Crippen molar-refractivity contribution in [3.05, 3.63) is 65.2 Å². The van der Waals surface area contributed by atoms with Crippen molar-refractivity contribution >= 4 is 17.7 Å². The lowest BCUT2D eigenvalue weighted by molar-refractivity contribution is -0.136. The molecule has 2 aliphatic heterocycles. The molecule has 7 nitrogen and oxygen atoms in total. The monoisotopic (exact) mass is 433 g/mol. The van der Waals surface area contributed by atoms with Crippen LogP contribution in [0.15, 0.2) is 48.5 Å². The number of rotatable bonds is 6. The molecule has 0 bridgehead atoms. The van der Waals surface area contributed by atoms with Crippen molar-refractivity contribution < 1.29 is 19.1 Å². The number of imide groups is 1. The standard InChI is InChI=1S/C25H27N3O4/c29-23-12-11-21(24(30)27-23)28-15-17-13-18(9-10-19(17)25(28)31)32-22-8-4-7-20(22)26-14-16-5-2-1-3-6-16/h1-3,5-6,9-10,13,20-22,26H,4,7-8,11-12,14-15H2,(H,27,29,30)/t20-,21?,22-/m1/s1. The van der Waals surface area contributed by atoms with Crippen molar-refractivity contribution in [2.24, 2.45) is 0 Å².